The first kappa shape index (κ1) is 16.9. The molecular formula is C21H25N5. The topological polar surface area (TPSA) is 46.0 Å². The van der Waals surface area contributed by atoms with Crippen LogP contribution in [0.2, 0.25) is 0 Å². The van der Waals surface area contributed by atoms with Gasteiger partial charge in [0.05, 0.1) is 0 Å². The number of nitrogens with zero attached hydrogens (tertiary/aromatic N) is 4. The van der Waals surface area contributed by atoms with Gasteiger partial charge in [0.2, 0.25) is 0 Å². The largest absolute Gasteiger partial charge is 0.308 e. The zero-order chi connectivity index (χ0) is 17.8. The lowest BCUT2D eigenvalue weighted by Crippen LogP contribution is -2.35. The van der Waals surface area contributed by atoms with Crippen molar-refractivity contribution in [3.63, 3.8) is 0 Å². The highest BCUT2D eigenvalue weighted by atomic mass is 15.2. The second kappa shape index (κ2) is 7.81. The normalized spacial score (nSPS) is 20.5. The van der Waals surface area contributed by atoms with E-state index in [1.807, 2.05) is 23.0 Å². The highest BCUT2D eigenvalue weighted by Crippen LogP contribution is 2.19. The Hall–Kier alpha value is -2.50. The first-order chi connectivity index (χ1) is 12.8. The molecule has 1 N–H and O–H groups in total. The van der Waals surface area contributed by atoms with Crippen LogP contribution in [0, 0.1) is 5.92 Å². The maximum Gasteiger partial charge on any atom is 0.137 e. The van der Waals surface area contributed by atoms with E-state index in [-0.39, 0.29) is 0 Å². The number of benzene rings is 1. The average Bonchev–Trinajstić information content (AvgIpc) is 3.31. The molecule has 1 aliphatic rings. The fourth-order valence-electron chi connectivity index (χ4n) is 3.62. The van der Waals surface area contributed by atoms with Crippen molar-refractivity contribution in [2.24, 2.45) is 5.92 Å². The molecule has 0 radical (unpaired) electrons. The van der Waals surface area contributed by atoms with Gasteiger partial charge < -0.3 is 5.32 Å². The van der Waals surface area contributed by atoms with E-state index in [9.17, 15) is 0 Å². The summed E-state index contributed by atoms with van der Waals surface area (Å²) in [6.07, 6.45) is 7.38. The third-order valence-corrected chi connectivity index (χ3v) is 5.08. The molecule has 134 valence electrons. The van der Waals surface area contributed by atoms with E-state index < -0.39 is 0 Å². The molecule has 0 unspecified atom stereocenters. The first-order valence-electron chi connectivity index (χ1n) is 9.21. The number of hydrogen-bond acceptors (Lipinski definition) is 4. The summed E-state index contributed by atoms with van der Waals surface area (Å²) >= 11 is 0. The Balaban J connectivity index is 1.30. The summed E-state index contributed by atoms with van der Waals surface area (Å²) in [6, 6.07) is 15.4. The number of imidazole rings is 1. The van der Waals surface area contributed by atoms with E-state index in [1.54, 1.807) is 12.5 Å². The van der Waals surface area contributed by atoms with Gasteiger partial charge in [0, 0.05) is 50.8 Å². The number of likely N-dealkylation sites (tertiary alicyclic amines) is 1. The molecule has 2 atom stereocenters. The molecule has 3 aromatic rings. The van der Waals surface area contributed by atoms with Crippen LogP contribution in [-0.4, -0.2) is 38.6 Å². The van der Waals surface area contributed by atoms with Gasteiger partial charge in [-0.3, -0.25) is 9.47 Å². The van der Waals surface area contributed by atoms with Crippen LogP contribution >= 0.6 is 0 Å². The Kier molecular flexibility index (Phi) is 5.09. The molecule has 0 bridgehead atoms. The SMILES string of the molecule is C[C@@H]1CN(Cc2ccccc2)C[C@@H]1NCc1ccc(-n2ccnc2)nc1. The summed E-state index contributed by atoms with van der Waals surface area (Å²) in [5.74, 6) is 1.55. The van der Waals surface area contributed by atoms with Crippen LogP contribution in [0.3, 0.4) is 0 Å². The van der Waals surface area contributed by atoms with E-state index in [4.69, 9.17) is 0 Å². The quantitative estimate of drug-likeness (QED) is 0.745. The van der Waals surface area contributed by atoms with Crippen molar-refractivity contribution in [3.05, 3.63) is 78.5 Å². The Morgan fingerprint density at radius 1 is 1.08 bits per heavy atom. The third-order valence-electron chi connectivity index (χ3n) is 5.08. The monoisotopic (exact) mass is 347 g/mol. The molecule has 0 spiro atoms. The summed E-state index contributed by atoms with van der Waals surface area (Å²) in [7, 11) is 0. The molecule has 1 aromatic carbocycles. The molecule has 0 saturated carbocycles. The van der Waals surface area contributed by atoms with E-state index in [0.717, 1.165) is 32.0 Å². The van der Waals surface area contributed by atoms with E-state index in [2.05, 4.69) is 63.5 Å². The molecule has 4 rings (SSSR count). The Morgan fingerprint density at radius 3 is 2.69 bits per heavy atom. The summed E-state index contributed by atoms with van der Waals surface area (Å²) < 4.78 is 1.91. The predicted octanol–water partition coefficient (Wildman–Crippen LogP) is 2.88. The Bertz CT molecular complexity index is 798. The highest BCUT2D eigenvalue weighted by molar-refractivity contribution is 5.25. The maximum atomic E-state index is 4.53. The number of pyridine rings is 1. The van der Waals surface area contributed by atoms with Crippen LogP contribution in [0.15, 0.2) is 67.4 Å². The third kappa shape index (κ3) is 4.00. The predicted molar refractivity (Wildman–Crippen MR) is 103 cm³/mol. The molecule has 5 nitrogen and oxygen atoms in total. The Morgan fingerprint density at radius 2 is 1.96 bits per heavy atom. The summed E-state index contributed by atoms with van der Waals surface area (Å²) in [6.45, 7) is 6.46. The van der Waals surface area contributed by atoms with Crippen molar-refractivity contribution in [2.75, 3.05) is 13.1 Å². The summed E-state index contributed by atoms with van der Waals surface area (Å²) in [4.78, 5) is 11.1. The lowest BCUT2D eigenvalue weighted by Gasteiger charge is -2.17. The van der Waals surface area contributed by atoms with Crippen LogP contribution in [0.4, 0.5) is 0 Å². The highest BCUT2D eigenvalue weighted by Gasteiger charge is 2.28. The van der Waals surface area contributed by atoms with Crippen molar-refractivity contribution in [1.29, 1.82) is 0 Å². The van der Waals surface area contributed by atoms with Crippen LogP contribution in [-0.2, 0) is 13.1 Å². The zero-order valence-electron chi connectivity index (χ0n) is 15.1. The molecule has 26 heavy (non-hydrogen) atoms. The number of rotatable bonds is 6. The second-order valence-corrected chi connectivity index (χ2v) is 7.14. The number of nitrogens with one attached hydrogen (secondary N) is 1. The second-order valence-electron chi connectivity index (χ2n) is 7.14. The van der Waals surface area contributed by atoms with Crippen LogP contribution < -0.4 is 5.32 Å². The van der Waals surface area contributed by atoms with Gasteiger partial charge in [-0.1, -0.05) is 43.3 Å². The molecule has 0 aliphatic carbocycles. The molecule has 1 saturated heterocycles. The average molecular weight is 347 g/mol. The first-order valence-corrected chi connectivity index (χ1v) is 9.21. The van der Waals surface area contributed by atoms with Crippen molar-refractivity contribution in [2.45, 2.75) is 26.1 Å². The van der Waals surface area contributed by atoms with Gasteiger partial charge in [-0.25, -0.2) is 9.97 Å². The minimum Gasteiger partial charge on any atom is -0.308 e. The molecule has 1 fully saturated rings. The van der Waals surface area contributed by atoms with Crippen molar-refractivity contribution in [1.82, 2.24) is 24.8 Å². The molecule has 5 heteroatoms. The van der Waals surface area contributed by atoms with Crippen LogP contribution in [0.5, 0.6) is 0 Å². The van der Waals surface area contributed by atoms with Gasteiger partial charge in [0.25, 0.3) is 0 Å². The van der Waals surface area contributed by atoms with Gasteiger partial charge in [-0.2, -0.15) is 0 Å². The van der Waals surface area contributed by atoms with E-state index in [0.29, 0.717) is 12.0 Å². The molecule has 3 heterocycles. The van der Waals surface area contributed by atoms with Gasteiger partial charge in [-0.15, -0.1) is 0 Å². The summed E-state index contributed by atoms with van der Waals surface area (Å²) in [5.41, 5.74) is 2.60. The standard InChI is InChI=1S/C21H25N5/c1-17-13-25(14-18-5-3-2-4-6-18)15-20(17)23-11-19-7-8-21(24-12-19)26-10-9-22-16-26/h2-10,12,16-17,20,23H,11,13-15H2,1H3/t17-,20+/m1/s1. The van der Waals surface area contributed by atoms with E-state index >= 15 is 0 Å². The van der Waals surface area contributed by atoms with Gasteiger partial charge in [-0.05, 0) is 23.1 Å². The Labute approximate surface area is 154 Å². The van der Waals surface area contributed by atoms with Crippen LogP contribution in [0.1, 0.15) is 18.1 Å². The van der Waals surface area contributed by atoms with E-state index in [1.165, 1.54) is 11.1 Å². The van der Waals surface area contributed by atoms with Gasteiger partial charge in [0.1, 0.15) is 12.1 Å². The minimum absolute atomic E-state index is 0.520. The van der Waals surface area contributed by atoms with Gasteiger partial charge in [0.15, 0.2) is 0 Å². The number of aromatic nitrogens is 3. The lowest BCUT2D eigenvalue weighted by molar-refractivity contribution is 0.316. The van der Waals surface area contributed by atoms with Crippen molar-refractivity contribution in [3.8, 4) is 5.82 Å². The summed E-state index contributed by atoms with van der Waals surface area (Å²) in [5, 5.41) is 3.72. The van der Waals surface area contributed by atoms with Crippen molar-refractivity contribution >= 4 is 0 Å². The number of hydrogen-bond donors (Lipinski definition) is 1. The fourth-order valence-corrected chi connectivity index (χ4v) is 3.62. The lowest BCUT2D eigenvalue weighted by atomic mass is 10.1. The zero-order valence-corrected chi connectivity index (χ0v) is 15.1. The molecule has 0 amide bonds. The van der Waals surface area contributed by atoms with Crippen molar-refractivity contribution < 1.29 is 0 Å². The smallest absolute Gasteiger partial charge is 0.137 e. The van der Waals surface area contributed by atoms with Gasteiger partial charge >= 0.3 is 0 Å². The minimum atomic E-state index is 0.520. The fraction of sp³-hybridized carbons (Fsp3) is 0.333. The molecule has 1 aliphatic heterocycles. The van der Waals surface area contributed by atoms with Crippen LogP contribution in [0.25, 0.3) is 5.82 Å². The maximum absolute atomic E-state index is 4.53. The molecular weight excluding hydrogens is 322 g/mol. The molecule has 2 aromatic heterocycles.